The van der Waals surface area contributed by atoms with Crippen LogP contribution in [0.2, 0.25) is 0 Å². The number of nitrogens with one attached hydrogen (secondary N) is 2. The topological polar surface area (TPSA) is 92.3 Å². The van der Waals surface area contributed by atoms with Crippen LogP contribution < -0.4 is 10.0 Å². The Morgan fingerprint density at radius 2 is 1.76 bits per heavy atom. The van der Waals surface area contributed by atoms with Crippen LogP contribution in [0.15, 0.2) is 18.2 Å². The number of hydrogen-bond acceptors (Lipinski definition) is 4. The lowest BCUT2D eigenvalue weighted by atomic mass is 9.95. The molecule has 21 heavy (non-hydrogen) atoms. The molecule has 0 radical (unpaired) electrons. The van der Waals surface area contributed by atoms with Crippen molar-refractivity contribution < 1.29 is 22.4 Å². The number of amides is 2. The first kappa shape index (κ1) is 17.1. The summed E-state index contributed by atoms with van der Waals surface area (Å²) in [4.78, 5) is 23.5. The standard InChI is InChI=1S/C13H17FN2O4S/c1-13(2,3)12(18)15-8-5-6-10(14)9(7-8)11(17)16-21(4,19)20/h5-7H,1-4H3,(H,15,18)(H,16,17). The Hall–Kier alpha value is -1.96. The highest BCUT2D eigenvalue weighted by Gasteiger charge is 2.22. The third-order valence-electron chi connectivity index (χ3n) is 2.43. The average molecular weight is 316 g/mol. The maximum absolute atomic E-state index is 13.6. The molecular weight excluding hydrogens is 299 g/mol. The first-order valence-electron chi connectivity index (χ1n) is 6.03. The maximum Gasteiger partial charge on any atom is 0.267 e. The summed E-state index contributed by atoms with van der Waals surface area (Å²) in [6.07, 6.45) is 0.786. The van der Waals surface area contributed by atoms with Crippen LogP contribution in [0.4, 0.5) is 10.1 Å². The second-order valence-electron chi connectivity index (χ2n) is 5.60. The van der Waals surface area contributed by atoms with Crippen LogP contribution in [0, 0.1) is 11.2 Å². The molecular formula is C13H17FN2O4S. The Labute approximate surface area is 122 Å². The quantitative estimate of drug-likeness (QED) is 0.884. The molecule has 0 bridgehead atoms. The summed E-state index contributed by atoms with van der Waals surface area (Å²) in [5.74, 6) is -2.30. The summed E-state index contributed by atoms with van der Waals surface area (Å²) >= 11 is 0. The minimum Gasteiger partial charge on any atom is -0.326 e. The van der Waals surface area contributed by atoms with Gasteiger partial charge in [0.25, 0.3) is 5.91 Å². The lowest BCUT2D eigenvalue weighted by Crippen LogP contribution is -2.30. The van der Waals surface area contributed by atoms with E-state index in [1.165, 1.54) is 6.07 Å². The smallest absolute Gasteiger partial charge is 0.267 e. The molecule has 0 saturated heterocycles. The van der Waals surface area contributed by atoms with E-state index in [0.717, 1.165) is 18.4 Å². The molecule has 6 nitrogen and oxygen atoms in total. The zero-order valence-electron chi connectivity index (χ0n) is 12.2. The molecule has 1 aromatic carbocycles. The molecule has 0 aliphatic heterocycles. The zero-order chi connectivity index (χ0) is 16.4. The highest BCUT2D eigenvalue weighted by Crippen LogP contribution is 2.19. The Morgan fingerprint density at radius 1 is 1.19 bits per heavy atom. The van der Waals surface area contributed by atoms with Crippen molar-refractivity contribution >= 4 is 27.5 Å². The Balaban J connectivity index is 3.06. The van der Waals surface area contributed by atoms with Gasteiger partial charge in [-0.25, -0.2) is 17.5 Å². The first-order valence-corrected chi connectivity index (χ1v) is 7.92. The van der Waals surface area contributed by atoms with E-state index in [0.29, 0.717) is 0 Å². The molecule has 0 aromatic heterocycles. The second kappa shape index (κ2) is 5.80. The molecule has 0 aliphatic rings. The van der Waals surface area contributed by atoms with Gasteiger partial charge in [-0.3, -0.25) is 9.59 Å². The molecule has 2 N–H and O–H groups in total. The van der Waals surface area contributed by atoms with Crippen LogP contribution in [0.25, 0.3) is 0 Å². The van der Waals surface area contributed by atoms with Crippen molar-refractivity contribution in [2.24, 2.45) is 5.41 Å². The van der Waals surface area contributed by atoms with E-state index in [9.17, 15) is 22.4 Å². The molecule has 1 rings (SSSR count). The van der Waals surface area contributed by atoms with Gasteiger partial charge in [0.2, 0.25) is 15.9 Å². The summed E-state index contributed by atoms with van der Waals surface area (Å²) in [6.45, 7) is 5.09. The third-order valence-corrected chi connectivity index (χ3v) is 2.98. The maximum atomic E-state index is 13.6. The predicted molar refractivity (Wildman–Crippen MR) is 76.8 cm³/mol. The summed E-state index contributed by atoms with van der Waals surface area (Å²) < 4.78 is 37.3. The van der Waals surface area contributed by atoms with Gasteiger partial charge in [0.1, 0.15) is 5.82 Å². The van der Waals surface area contributed by atoms with E-state index < -0.39 is 32.7 Å². The number of benzene rings is 1. The highest BCUT2D eigenvalue weighted by atomic mass is 32.2. The third kappa shape index (κ3) is 5.14. The number of anilines is 1. The second-order valence-corrected chi connectivity index (χ2v) is 7.35. The van der Waals surface area contributed by atoms with Gasteiger partial charge in [0.05, 0.1) is 11.8 Å². The molecule has 0 unspecified atom stereocenters. The number of hydrogen-bond donors (Lipinski definition) is 2. The van der Waals surface area contributed by atoms with Crippen molar-refractivity contribution in [3.05, 3.63) is 29.6 Å². The van der Waals surface area contributed by atoms with Crippen molar-refractivity contribution in [1.29, 1.82) is 0 Å². The van der Waals surface area contributed by atoms with Crippen molar-refractivity contribution in [3.8, 4) is 0 Å². The first-order chi connectivity index (χ1) is 9.40. The van der Waals surface area contributed by atoms with E-state index in [-0.39, 0.29) is 11.6 Å². The van der Waals surface area contributed by atoms with Crippen LogP contribution in [-0.4, -0.2) is 26.5 Å². The van der Waals surface area contributed by atoms with Gasteiger partial charge in [0.15, 0.2) is 0 Å². The SMILES string of the molecule is CC(C)(C)C(=O)Nc1ccc(F)c(C(=O)NS(C)(=O)=O)c1. The molecule has 0 atom stereocenters. The summed E-state index contributed by atoms with van der Waals surface area (Å²) in [6, 6.07) is 3.35. The molecule has 0 aliphatic carbocycles. The molecule has 0 spiro atoms. The average Bonchev–Trinajstić information content (AvgIpc) is 2.27. The van der Waals surface area contributed by atoms with Gasteiger partial charge in [-0.2, -0.15) is 0 Å². The molecule has 1 aromatic rings. The molecule has 2 amide bonds. The lowest BCUT2D eigenvalue weighted by molar-refractivity contribution is -0.123. The summed E-state index contributed by atoms with van der Waals surface area (Å²) in [5.41, 5.74) is -0.925. The van der Waals surface area contributed by atoms with Crippen LogP contribution >= 0.6 is 0 Å². The minimum absolute atomic E-state index is 0.204. The fourth-order valence-electron chi connectivity index (χ4n) is 1.32. The number of carbonyl (C=O) groups is 2. The van der Waals surface area contributed by atoms with Gasteiger partial charge in [-0.15, -0.1) is 0 Å². The van der Waals surface area contributed by atoms with Gasteiger partial charge in [-0.1, -0.05) is 20.8 Å². The largest absolute Gasteiger partial charge is 0.326 e. The van der Waals surface area contributed by atoms with Crippen molar-refractivity contribution in [2.45, 2.75) is 20.8 Å². The molecule has 8 heteroatoms. The number of rotatable bonds is 3. The highest BCUT2D eigenvalue weighted by molar-refractivity contribution is 7.89. The van der Waals surface area contributed by atoms with Gasteiger partial charge in [0, 0.05) is 11.1 Å². The zero-order valence-corrected chi connectivity index (χ0v) is 13.0. The van der Waals surface area contributed by atoms with E-state index in [2.05, 4.69) is 5.32 Å². The van der Waals surface area contributed by atoms with Gasteiger partial charge in [-0.05, 0) is 18.2 Å². The minimum atomic E-state index is -3.80. The van der Waals surface area contributed by atoms with Crippen LogP contribution in [0.3, 0.4) is 0 Å². The van der Waals surface area contributed by atoms with E-state index in [1.54, 1.807) is 25.5 Å². The van der Waals surface area contributed by atoms with Crippen LogP contribution in [-0.2, 0) is 14.8 Å². The molecule has 0 saturated carbocycles. The van der Waals surface area contributed by atoms with Crippen molar-refractivity contribution in [3.63, 3.8) is 0 Å². The number of sulfonamides is 1. The van der Waals surface area contributed by atoms with E-state index in [4.69, 9.17) is 0 Å². The summed E-state index contributed by atoms with van der Waals surface area (Å²) in [7, 11) is -3.80. The van der Waals surface area contributed by atoms with Crippen molar-refractivity contribution in [2.75, 3.05) is 11.6 Å². The van der Waals surface area contributed by atoms with Gasteiger partial charge >= 0.3 is 0 Å². The Kier molecular flexibility index (Phi) is 4.72. The fourth-order valence-corrected chi connectivity index (χ4v) is 1.77. The number of halogens is 1. The van der Waals surface area contributed by atoms with E-state index in [1.807, 2.05) is 0 Å². The number of carbonyl (C=O) groups excluding carboxylic acids is 2. The van der Waals surface area contributed by atoms with E-state index >= 15 is 0 Å². The predicted octanol–water partition coefficient (Wildman–Crippen LogP) is 1.50. The molecule has 0 fully saturated rings. The molecule has 0 heterocycles. The fraction of sp³-hybridized carbons (Fsp3) is 0.385. The normalized spacial score (nSPS) is 11.9. The molecule has 116 valence electrons. The summed E-state index contributed by atoms with van der Waals surface area (Å²) in [5, 5.41) is 2.53. The Bertz CT molecular complexity index is 678. The van der Waals surface area contributed by atoms with Crippen molar-refractivity contribution in [1.82, 2.24) is 4.72 Å². The lowest BCUT2D eigenvalue weighted by Gasteiger charge is -2.18. The van der Waals surface area contributed by atoms with Crippen LogP contribution in [0.1, 0.15) is 31.1 Å². The van der Waals surface area contributed by atoms with Crippen LogP contribution in [0.5, 0.6) is 0 Å². The monoisotopic (exact) mass is 316 g/mol. The Morgan fingerprint density at radius 3 is 2.24 bits per heavy atom. The van der Waals surface area contributed by atoms with Gasteiger partial charge < -0.3 is 5.32 Å².